The van der Waals surface area contributed by atoms with E-state index in [0.717, 1.165) is 60.1 Å². The van der Waals surface area contributed by atoms with E-state index in [1.165, 1.54) is 6.07 Å². The molecule has 1 aliphatic heterocycles. The van der Waals surface area contributed by atoms with E-state index in [1.54, 1.807) is 30.3 Å². The molecule has 1 aliphatic rings. The lowest BCUT2D eigenvalue weighted by Crippen LogP contribution is -2.30. The van der Waals surface area contributed by atoms with Gasteiger partial charge < -0.3 is 14.6 Å². The Morgan fingerprint density at radius 1 is 1.06 bits per heavy atom. The molecule has 0 radical (unpaired) electrons. The third-order valence-electron chi connectivity index (χ3n) is 6.32. The summed E-state index contributed by atoms with van der Waals surface area (Å²) in [6.07, 6.45) is 3.15. The SMILES string of the molecule is Cc1cc(C)c2oc(-c3cccc(NC(=O)c4ccc(N5CCCCC5)c([N+](=O)[O-])c4)c3)nc2c1. The van der Waals surface area contributed by atoms with E-state index in [0.29, 0.717) is 17.3 Å². The number of nitro groups is 1. The largest absolute Gasteiger partial charge is 0.436 e. The van der Waals surface area contributed by atoms with Crippen molar-refractivity contribution in [2.75, 3.05) is 23.3 Å². The topological polar surface area (TPSA) is 102 Å². The number of aryl methyl sites for hydroxylation is 2. The highest BCUT2D eigenvalue weighted by molar-refractivity contribution is 6.05. The number of fused-ring (bicyclic) bond motifs is 1. The molecular formula is C27H26N4O4. The van der Waals surface area contributed by atoms with Gasteiger partial charge in [-0.3, -0.25) is 14.9 Å². The van der Waals surface area contributed by atoms with Gasteiger partial charge in [0.05, 0.1) is 4.92 Å². The van der Waals surface area contributed by atoms with Gasteiger partial charge in [-0.2, -0.15) is 0 Å². The minimum Gasteiger partial charge on any atom is -0.436 e. The van der Waals surface area contributed by atoms with E-state index < -0.39 is 10.8 Å². The van der Waals surface area contributed by atoms with Crippen LogP contribution in [0.4, 0.5) is 17.1 Å². The number of oxazole rings is 1. The van der Waals surface area contributed by atoms with E-state index in [-0.39, 0.29) is 11.3 Å². The first-order valence-corrected chi connectivity index (χ1v) is 11.7. The third-order valence-corrected chi connectivity index (χ3v) is 6.32. The maximum Gasteiger partial charge on any atom is 0.293 e. The molecule has 8 nitrogen and oxygen atoms in total. The molecule has 35 heavy (non-hydrogen) atoms. The van der Waals surface area contributed by atoms with Crippen LogP contribution < -0.4 is 10.2 Å². The van der Waals surface area contributed by atoms with Crippen LogP contribution in [0.25, 0.3) is 22.6 Å². The predicted octanol–water partition coefficient (Wildman–Crippen LogP) is 6.26. The quantitative estimate of drug-likeness (QED) is 0.273. The molecule has 1 N–H and O–H groups in total. The second-order valence-electron chi connectivity index (χ2n) is 8.99. The highest BCUT2D eigenvalue weighted by Gasteiger charge is 2.23. The molecule has 178 valence electrons. The Labute approximate surface area is 202 Å². The number of aromatic nitrogens is 1. The molecule has 1 fully saturated rings. The average molecular weight is 471 g/mol. The number of hydrogen-bond acceptors (Lipinski definition) is 6. The summed E-state index contributed by atoms with van der Waals surface area (Å²) in [5, 5.41) is 14.6. The van der Waals surface area contributed by atoms with E-state index in [1.807, 2.05) is 36.9 Å². The van der Waals surface area contributed by atoms with Crippen LogP contribution in [0.2, 0.25) is 0 Å². The maximum absolute atomic E-state index is 13.0. The number of benzene rings is 3. The maximum atomic E-state index is 13.0. The summed E-state index contributed by atoms with van der Waals surface area (Å²) in [4.78, 5) is 30.9. The van der Waals surface area contributed by atoms with Gasteiger partial charge in [0.2, 0.25) is 5.89 Å². The van der Waals surface area contributed by atoms with Gasteiger partial charge in [0.25, 0.3) is 11.6 Å². The standard InChI is InChI=1S/C27H26N4O4/c1-17-13-18(2)25-22(14-17)29-27(35-25)20-7-6-8-21(15-20)28-26(32)19-9-10-23(24(16-19)31(33)34)30-11-4-3-5-12-30/h6-10,13-16H,3-5,11-12H2,1-2H3,(H,28,32). The Morgan fingerprint density at radius 2 is 1.86 bits per heavy atom. The molecule has 1 saturated heterocycles. The number of piperidine rings is 1. The summed E-state index contributed by atoms with van der Waals surface area (Å²) in [5.74, 6) is 0.0470. The molecule has 0 atom stereocenters. The smallest absolute Gasteiger partial charge is 0.293 e. The monoisotopic (exact) mass is 470 g/mol. The van der Waals surface area contributed by atoms with Gasteiger partial charge in [0.15, 0.2) is 5.58 Å². The summed E-state index contributed by atoms with van der Waals surface area (Å²) in [7, 11) is 0. The molecule has 0 aliphatic carbocycles. The van der Waals surface area contributed by atoms with Crippen LogP contribution in [-0.4, -0.2) is 28.9 Å². The van der Waals surface area contributed by atoms with Gasteiger partial charge in [0.1, 0.15) is 11.2 Å². The van der Waals surface area contributed by atoms with Crippen molar-refractivity contribution in [3.63, 3.8) is 0 Å². The van der Waals surface area contributed by atoms with Gasteiger partial charge in [0, 0.05) is 36.0 Å². The van der Waals surface area contributed by atoms with Crippen molar-refractivity contribution >= 4 is 34.1 Å². The molecule has 2 heterocycles. The molecule has 1 amide bonds. The van der Waals surface area contributed by atoms with Crippen LogP contribution in [-0.2, 0) is 0 Å². The van der Waals surface area contributed by atoms with Crippen LogP contribution >= 0.6 is 0 Å². The zero-order valence-electron chi connectivity index (χ0n) is 19.7. The molecule has 0 bridgehead atoms. The Hall–Kier alpha value is -4.20. The lowest BCUT2D eigenvalue weighted by atomic mass is 10.1. The minimum absolute atomic E-state index is 0.0505. The fourth-order valence-electron chi connectivity index (χ4n) is 4.65. The van der Waals surface area contributed by atoms with Gasteiger partial charge >= 0.3 is 0 Å². The number of nitrogens with one attached hydrogen (secondary N) is 1. The van der Waals surface area contributed by atoms with Crippen LogP contribution in [0.5, 0.6) is 0 Å². The fraction of sp³-hybridized carbons (Fsp3) is 0.259. The van der Waals surface area contributed by atoms with Gasteiger partial charge in [-0.15, -0.1) is 0 Å². The Morgan fingerprint density at radius 3 is 2.63 bits per heavy atom. The molecule has 8 heteroatoms. The lowest BCUT2D eigenvalue weighted by molar-refractivity contribution is -0.384. The lowest BCUT2D eigenvalue weighted by Gasteiger charge is -2.28. The van der Waals surface area contributed by atoms with Crippen LogP contribution in [0.1, 0.15) is 40.7 Å². The summed E-state index contributed by atoms with van der Waals surface area (Å²) >= 11 is 0. The number of hydrogen-bond donors (Lipinski definition) is 1. The van der Waals surface area contributed by atoms with Crippen molar-refractivity contribution in [2.45, 2.75) is 33.1 Å². The van der Waals surface area contributed by atoms with Crippen molar-refractivity contribution in [3.05, 3.63) is 81.4 Å². The Bertz CT molecular complexity index is 1440. The number of nitro benzene ring substituents is 1. The van der Waals surface area contributed by atoms with Crippen molar-refractivity contribution in [1.29, 1.82) is 0 Å². The number of carbonyl (C=O) groups excluding carboxylic acids is 1. The predicted molar refractivity (Wildman–Crippen MR) is 136 cm³/mol. The molecule has 0 spiro atoms. The number of rotatable bonds is 5. The Kier molecular flexibility index (Phi) is 5.94. The van der Waals surface area contributed by atoms with Gasteiger partial charge in [-0.25, -0.2) is 4.98 Å². The summed E-state index contributed by atoms with van der Waals surface area (Å²) in [6.45, 7) is 5.57. The van der Waals surface area contributed by atoms with E-state index >= 15 is 0 Å². The molecule has 3 aromatic carbocycles. The number of nitrogens with zero attached hydrogens (tertiary/aromatic N) is 3. The third kappa shape index (κ3) is 4.59. The molecule has 5 rings (SSSR count). The first kappa shape index (κ1) is 22.6. The van der Waals surface area contributed by atoms with Gasteiger partial charge in [-0.05, 0) is 80.6 Å². The highest BCUT2D eigenvalue weighted by atomic mass is 16.6. The second kappa shape index (κ2) is 9.21. The van der Waals surface area contributed by atoms with Gasteiger partial charge in [-0.1, -0.05) is 12.1 Å². The van der Waals surface area contributed by atoms with Crippen molar-refractivity contribution in [2.24, 2.45) is 0 Å². The number of anilines is 2. The molecular weight excluding hydrogens is 444 g/mol. The first-order chi connectivity index (χ1) is 16.9. The van der Waals surface area contributed by atoms with E-state index in [9.17, 15) is 14.9 Å². The summed E-state index contributed by atoms with van der Waals surface area (Å²) in [6, 6.07) is 15.9. The summed E-state index contributed by atoms with van der Waals surface area (Å²) in [5.41, 5.74) is 5.66. The highest BCUT2D eigenvalue weighted by Crippen LogP contribution is 2.32. The molecule has 1 aromatic heterocycles. The normalized spacial score (nSPS) is 13.7. The zero-order chi connectivity index (χ0) is 24.5. The van der Waals surface area contributed by atoms with Crippen molar-refractivity contribution < 1.29 is 14.1 Å². The Balaban J connectivity index is 1.40. The number of carbonyl (C=O) groups is 1. The molecule has 0 unspecified atom stereocenters. The van der Waals surface area contributed by atoms with E-state index in [4.69, 9.17) is 4.42 Å². The van der Waals surface area contributed by atoms with Crippen LogP contribution in [0.15, 0.2) is 59.0 Å². The summed E-state index contributed by atoms with van der Waals surface area (Å²) < 4.78 is 5.99. The average Bonchev–Trinajstić information content (AvgIpc) is 3.29. The van der Waals surface area contributed by atoms with Crippen molar-refractivity contribution in [3.8, 4) is 11.5 Å². The van der Waals surface area contributed by atoms with E-state index in [2.05, 4.69) is 10.3 Å². The first-order valence-electron chi connectivity index (χ1n) is 11.7. The van der Waals surface area contributed by atoms with Crippen molar-refractivity contribution in [1.82, 2.24) is 4.98 Å². The number of amides is 1. The molecule has 0 saturated carbocycles. The molecule has 4 aromatic rings. The van der Waals surface area contributed by atoms with Crippen LogP contribution in [0.3, 0.4) is 0 Å². The minimum atomic E-state index is -0.418. The fourth-order valence-corrected chi connectivity index (χ4v) is 4.65. The zero-order valence-corrected chi connectivity index (χ0v) is 19.7. The second-order valence-corrected chi connectivity index (χ2v) is 8.99. The van der Waals surface area contributed by atoms with Crippen LogP contribution in [0, 0.1) is 24.0 Å².